The molecular weight excluding hydrogens is 160 g/mol. The van der Waals surface area contributed by atoms with Crippen molar-refractivity contribution in [3.05, 3.63) is 35.9 Å². The van der Waals surface area contributed by atoms with Gasteiger partial charge in [-0.15, -0.1) is 0 Å². The van der Waals surface area contributed by atoms with Crippen LogP contribution >= 0.6 is 0 Å². The molecule has 66 valence electrons. The van der Waals surface area contributed by atoms with Gasteiger partial charge in [0, 0.05) is 5.69 Å². The quantitative estimate of drug-likeness (QED) is 0.697. The fourth-order valence-electron chi connectivity index (χ4n) is 1.11. The van der Waals surface area contributed by atoms with Crippen LogP contribution in [0.2, 0.25) is 0 Å². The zero-order valence-electron chi connectivity index (χ0n) is 7.62. The minimum atomic E-state index is -0.0979. The van der Waals surface area contributed by atoms with E-state index in [1.54, 1.807) is 12.1 Å². The van der Waals surface area contributed by atoms with Crippen molar-refractivity contribution in [2.75, 3.05) is 5.73 Å². The molecule has 0 aliphatic carbocycles. The molecule has 2 N–H and O–H groups in total. The van der Waals surface area contributed by atoms with Gasteiger partial charge in [0.15, 0.2) is 0 Å². The third kappa shape index (κ3) is 1.88. The maximum atomic E-state index is 8.71. The van der Waals surface area contributed by atoms with Crippen molar-refractivity contribution in [3.8, 4) is 6.07 Å². The Morgan fingerprint density at radius 3 is 2.85 bits per heavy atom. The summed E-state index contributed by atoms with van der Waals surface area (Å²) in [6.07, 6.45) is 1.70. The van der Waals surface area contributed by atoms with Gasteiger partial charge in [0.2, 0.25) is 0 Å². The van der Waals surface area contributed by atoms with Crippen LogP contribution in [0.25, 0.3) is 6.08 Å². The van der Waals surface area contributed by atoms with Crippen LogP contribution in [0.15, 0.2) is 24.8 Å². The summed E-state index contributed by atoms with van der Waals surface area (Å²) >= 11 is 0. The van der Waals surface area contributed by atoms with E-state index in [2.05, 4.69) is 12.6 Å². The minimum absolute atomic E-state index is 0.0979. The van der Waals surface area contributed by atoms with Crippen LogP contribution in [0.3, 0.4) is 0 Å². The van der Waals surface area contributed by atoms with E-state index in [4.69, 9.17) is 11.0 Å². The predicted molar refractivity (Wildman–Crippen MR) is 55.0 cm³/mol. The summed E-state index contributed by atoms with van der Waals surface area (Å²) in [7, 11) is 0. The zero-order valence-corrected chi connectivity index (χ0v) is 7.62. The highest BCUT2D eigenvalue weighted by molar-refractivity contribution is 5.64. The van der Waals surface area contributed by atoms with Gasteiger partial charge in [-0.2, -0.15) is 5.26 Å². The maximum Gasteiger partial charge on any atom is 0.0700 e. The largest absolute Gasteiger partial charge is 0.398 e. The molecule has 13 heavy (non-hydrogen) atoms. The van der Waals surface area contributed by atoms with E-state index in [0.717, 1.165) is 11.1 Å². The summed E-state index contributed by atoms with van der Waals surface area (Å²) in [4.78, 5) is 0. The first-order valence-corrected chi connectivity index (χ1v) is 4.10. The van der Waals surface area contributed by atoms with Gasteiger partial charge in [-0.25, -0.2) is 0 Å². The van der Waals surface area contributed by atoms with Gasteiger partial charge in [-0.05, 0) is 30.2 Å². The monoisotopic (exact) mass is 172 g/mol. The summed E-state index contributed by atoms with van der Waals surface area (Å²) in [5, 5.41) is 8.71. The predicted octanol–water partition coefficient (Wildman–Crippen LogP) is 2.54. The first-order chi connectivity index (χ1) is 6.19. The molecule has 0 saturated heterocycles. The smallest absolute Gasteiger partial charge is 0.0700 e. The number of hydrogen-bond acceptors (Lipinski definition) is 2. The fraction of sp³-hybridized carbons (Fsp3) is 0.182. The third-order valence-electron chi connectivity index (χ3n) is 2.02. The van der Waals surface area contributed by atoms with E-state index >= 15 is 0 Å². The van der Waals surface area contributed by atoms with Crippen molar-refractivity contribution in [2.45, 2.75) is 12.8 Å². The van der Waals surface area contributed by atoms with Crippen molar-refractivity contribution >= 4 is 11.8 Å². The van der Waals surface area contributed by atoms with Gasteiger partial charge in [-0.3, -0.25) is 0 Å². The van der Waals surface area contributed by atoms with Crippen LogP contribution < -0.4 is 5.73 Å². The molecule has 0 aromatic heterocycles. The Hall–Kier alpha value is -1.75. The Morgan fingerprint density at radius 1 is 1.62 bits per heavy atom. The van der Waals surface area contributed by atoms with E-state index in [1.807, 2.05) is 19.1 Å². The molecule has 1 atom stereocenters. The highest BCUT2D eigenvalue weighted by atomic mass is 14.6. The van der Waals surface area contributed by atoms with Crippen molar-refractivity contribution < 1.29 is 0 Å². The third-order valence-corrected chi connectivity index (χ3v) is 2.02. The molecule has 0 aliphatic heterocycles. The van der Waals surface area contributed by atoms with E-state index in [1.165, 1.54) is 0 Å². The first kappa shape index (κ1) is 9.34. The Bertz CT molecular complexity index is 361. The molecule has 0 saturated carbocycles. The first-order valence-electron chi connectivity index (χ1n) is 4.10. The lowest BCUT2D eigenvalue weighted by molar-refractivity contribution is 0.982. The van der Waals surface area contributed by atoms with E-state index in [0.29, 0.717) is 5.69 Å². The van der Waals surface area contributed by atoms with Crippen LogP contribution in [-0.4, -0.2) is 0 Å². The summed E-state index contributed by atoms with van der Waals surface area (Å²) in [5.41, 5.74) is 8.25. The molecular formula is C11H12N2. The number of nitrogen functional groups attached to an aromatic ring is 1. The second kappa shape index (κ2) is 3.77. The Morgan fingerprint density at radius 2 is 2.31 bits per heavy atom. The van der Waals surface area contributed by atoms with E-state index in [-0.39, 0.29) is 5.92 Å². The maximum absolute atomic E-state index is 8.71. The number of nitrogens with two attached hydrogens (primary N) is 1. The molecule has 0 bridgehead atoms. The molecule has 0 heterocycles. The molecule has 0 aliphatic rings. The summed E-state index contributed by atoms with van der Waals surface area (Å²) in [6, 6.07) is 7.75. The lowest BCUT2D eigenvalue weighted by atomic mass is 9.99. The number of nitriles is 1. The Kier molecular flexibility index (Phi) is 2.71. The van der Waals surface area contributed by atoms with Crippen molar-refractivity contribution in [3.63, 3.8) is 0 Å². The molecule has 2 nitrogen and oxygen atoms in total. The molecule has 1 rings (SSSR count). The summed E-state index contributed by atoms with van der Waals surface area (Å²) < 4.78 is 0. The van der Waals surface area contributed by atoms with Crippen molar-refractivity contribution in [1.29, 1.82) is 5.26 Å². The van der Waals surface area contributed by atoms with Gasteiger partial charge < -0.3 is 5.73 Å². The van der Waals surface area contributed by atoms with Crippen molar-refractivity contribution in [2.24, 2.45) is 0 Å². The van der Waals surface area contributed by atoms with Gasteiger partial charge in [0.1, 0.15) is 0 Å². The fourth-order valence-corrected chi connectivity index (χ4v) is 1.11. The highest BCUT2D eigenvalue weighted by Crippen LogP contribution is 2.20. The lowest BCUT2D eigenvalue weighted by Gasteiger charge is -2.06. The van der Waals surface area contributed by atoms with E-state index in [9.17, 15) is 0 Å². The molecule has 0 fully saturated rings. The second-order valence-corrected chi connectivity index (χ2v) is 2.94. The summed E-state index contributed by atoms with van der Waals surface area (Å²) in [6.45, 7) is 5.51. The molecule has 1 aromatic rings. The summed E-state index contributed by atoms with van der Waals surface area (Å²) in [5.74, 6) is -0.0979. The van der Waals surface area contributed by atoms with Crippen LogP contribution in [-0.2, 0) is 0 Å². The minimum Gasteiger partial charge on any atom is -0.398 e. The van der Waals surface area contributed by atoms with Crippen LogP contribution in [0.4, 0.5) is 5.69 Å². The molecule has 0 amide bonds. The highest BCUT2D eigenvalue weighted by Gasteiger charge is 2.04. The van der Waals surface area contributed by atoms with E-state index < -0.39 is 0 Å². The molecule has 2 heteroatoms. The number of hydrogen-bond donors (Lipinski definition) is 1. The Labute approximate surface area is 78.3 Å². The van der Waals surface area contributed by atoms with Crippen LogP contribution in [0.5, 0.6) is 0 Å². The SMILES string of the molecule is C=Cc1cc(C(C)C#N)ccc1N. The van der Waals surface area contributed by atoms with Crippen LogP contribution in [0, 0.1) is 11.3 Å². The second-order valence-electron chi connectivity index (χ2n) is 2.94. The van der Waals surface area contributed by atoms with Gasteiger partial charge >= 0.3 is 0 Å². The number of nitrogens with zero attached hydrogens (tertiary/aromatic N) is 1. The molecule has 0 spiro atoms. The molecule has 1 aromatic carbocycles. The Balaban J connectivity index is 3.15. The average Bonchev–Trinajstić information content (AvgIpc) is 2.17. The standard InChI is InChI=1S/C11H12N2/c1-3-9-6-10(8(2)7-12)4-5-11(9)13/h3-6,8H,1,13H2,2H3. The lowest BCUT2D eigenvalue weighted by Crippen LogP contribution is -1.94. The van der Waals surface area contributed by atoms with Gasteiger partial charge in [0.25, 0.3) is 0 Å². The van der Waals surface area contributed by atoms with Gasteiger partial charge in [-0.1, -0.05) is 18.7 Å². The average molecular weight is 172 g/mol. The number of anilines is 1. The number of rotatable bonds is 2. The topological polar surface area (TPSA) is 49.8 Å². The molecule has 0 radical (unpaired) electrons. The number of benzene rings is 1. The van der Waals surface area contributed by atoms with Gasteiger partial charge in [0.05, 0.1) is 12.0 Å². The zero-order chi connectivity index (χ0) is 9.84. The normalized spacial score (nSPS) is 11.7. The van der Waals surface area contributed by atoms with Crippen LogP contribution in [0.1, 0.15) is 24.0 Å². The van der Waals surface area contributed by atoms with Crippen molar-refractivity contribution in [1.82, 2.24) is 0 Å². The molecule has 1 unspecified atom stereocenters.